The van der Waals surface area contributed by atoms with Crippen LogP contribution in [0.1, 0.15) is 29.8 Å². The first-order valence-electron chi connectivity index (χ1n) is 9.58. The van der Waals surface area contributed by atoms with Gasteiger partial charge in [0.25, 0.3) is 5.91 Å². The summed E-state index contributed by atoms with van der Waals surface area (Å²) in [6.07, 6.45) is 1.08. The summed E-state index contributed by atoms with van der Waals surface area (Å²) in [4.78, 5) is 16.1. The fourth-order valence-electron chi connectivity index (χ4n) is 3.75. The van der Waals surface area contributed by atoms with Crippen LogP contribution in [-0.4, -0.2) is 47.3 Å². The lowest BCUT2D eigenvalue weighted by atomic mass is 10.0. The number of benzene rings is 2. The van der Waals surface area contributed by atoms with Crippen molar-refractivity contribution in [2.24, 2.45) is 10.8 Å². The first-order chi connectivity index (χ1) is 14.7. The fourth-order valence-corrected chi connectivity index (χ4v) is 3.80. The maximum absolute atomic E-state index is 14.8. The molecule has 1 saturated heterocycles. The number of carbonyl (C=O) groups is 1. The van der Waals surface area contributed by atoms with Gasteiger partial charge in [0.15, 0.2) is 5.11 Å². The molecule has 164 valence electrons. The molecule has 3 N–H and O–H groups in total. The van der Waals surface area contributed by atoms with E-state index in [1.165, 1.54) is 18.2 Å². The normalized spacial score (nSPS) is 19.0. The summed E-state index contributed by atoms with van der Waals surface area (Å²) in [5.41, 5.74) is 7.51. The zero-order valence-corrected chi connectivity index (χ0v) is 17.8. The lowest BCUT2D eigenvalue weighted by molar-refractivity contribution is 0.0569. The second-order valence-electron chi connectivity index (χ2n) is 7.35. The average molecular weight is 450 g/mol. The highest BCUT2D eigenvalue weighted by Gasteiger charge is 2.35. The molecule has 10 heteroatoms. The number of halogens is 3. The third-order valence-corrected chi connectivity index (χ3v) is 5.13. The van der Waals surface area contributed by atoms with E-state index in [0.717, 1.165) is 18.3 Å². The Balaban J connectivity index is 1.80. The molecule has 0 radical (unpaired) electrons. The van der Waals surface area contributed by atoms with Crippen molar-refractivity contribution in [2.45, 2.75) is 25.9 Å². The number of piperazine rings is 1. The second-order valence-corrected chi connectivity index (χ2v) is 7.79. The van der Waals surface area contributed by atoms with E-state index in [9.17, 15) is 18.0 Å². The molecule has 2 aromatic rings. The van der Waals surface area contributed by atoms with E-state index in [-0.39, 0.29) is 47.1 Å². The van der Waals surface area contributed by atoms with Crippen molar-refractivity contribution >= 4 is 35.1 Å². The Hall–Kier alpha value is -3.14. The van der Waals surface area contributed by atoms with Gasteiger partial charge in [0.05, 0.1) is 17.5 Å². The van der Waals surface area contributed by atoms with Crippen molar-refractivity contribution in [1.82, 2.24) is 10.3 Å². The van der Waals surface area contributed by atoms with E-state index < -0.39 is 23.4 Å². The number of nitrogens with zero attached hydrogens (tertiary/aromatic N) is 3. The molecule has 0 spiro atoms. The predicted octanol–water partition coefficient (Wildman–Crippen LogP) is 3.01. The van der Waals surface area contributed by atoms with Crippen LogP contribution >= 0.6 is 12.2 Å². The number of nitrogens with two attached hydrogens (primary N) is 1. The second kappa shape index (κ2) is 9.34. The minimum atomic E-state index is -0.671. The summed E-state index contributed by atoms with van der Waals surface area (Å²) in [6, 6.07) is 7.20. The van der Waals surface area contributed by atoms with E-state index in [1.54, 1.807) is 29.7 Å². The minimum Gasteiger partial charge on any atom is -0.375 e. The maximum atomic E-state index is 14.8. The van der Waals surface area contributed by atoms with Gasteiger partial charge in [-0.1, -0.05) is 12.1 Å². The van der Waals surface area contributed by atoms with Crippen molar-refractivity contribution in [2.75, 3.05) is 18.0 Å². The largest absolute Gasteiger partial charge is 0.375 e. The SMILES string of the molecule is C[C@@H]1CN(c2cc(F)c(/C=N/NC(N)=S)cc2F)C[C@H](C)N1C(=O)c1ccccc1F. The van der Waals surface area contributed by atoms with Crippen molar-refractivity contribution in [3.63, 3.8) is 0 Å². The fraction of sp³-hybridized carbons (Fsp3) is 0.286. The van der Waals surface area contributed by atoms with Crippen LogP contribution in [0.15, 0.2) is 41.5 Å². The van der Waals surface area contributed by atoms with Gasteiger partial charge in [0.1, 0.15) is 17.5 Å². The molecule has 1 heterocycles. The number of thiocarbonyl (C=S) groups is 1. The number of hydrogen-bond acceptors (Lipinski definition) is 4. The summed E-state index contributed by atoms with van der Waals surface area (Å²) in [6.45, 7) is 4.10. The van der Waals surface area contributed by atoms with Gasteiger partial charge in [-0.2, -0.15) is 5.10 Å². The summed E-state index contributed by atoms with van der Waals surface area (Å²) < 4.78 is 43.3. The number of hydrogen-bond donors (Lipinski definition) is 2. The molecule has 3 rings (SSSR count). The summed E-state index contributed by atoms with van der Waals surface area (Å²) in [5.74, 6) is -2.33. The summed E-state index contributed by atoms with van der Waals surface area (Å²) in [5, 5.41) is 3.54. The first kappa shape index (κ1) is 22.5. The third-order valence-electron chi connectivity index (χ3n) is 5.04. The Morgan fingerprint density at radius 3 is 2.39 bits per heavy atom. The Kier molecular flexibility index (Phi) is 6.79. The van der Waals surface area contributed by atoms with Crippen LogP contribution < -0.4 is 16.1 Å². The number of nitrogens with one attached hydrogen (secondary N) is 1. The quantitative estimate of drug-likeness (QED) is 0.427. The van der Waals surface area contributed by atoms with Crippen molar-refractivity contribution in [3.05, 3.63) is 65.0 Å². The molecule has 0 bridgehead atoms. The molecule has 1 aliphatic rings. The van der Waals surface area contributed by atoms with Gasteiger partial charge in [0.2, 0.25) is 0 Å². The maximum Gasteiger partial charge on any atom is 0.257 e. The average Bonchev–Trinajstić information content (AvgIpc) is 2.69. The Bertz CT molecular complexity index is 1020. The van der Waals surface area contributed by atoms with Crippen molar-refractivity contribution < 1.29 is 18.0 Å². The van der Waals surface area contributed by atoms with Crippen molar-refractivity contribution in [3.8, 4) is 0 Å². The molecule has 0 unspecified atom stereocenters. The van der Waals surface area contributed by atoms with E-state index in [2.05, 4.69) is 22.7 Å². The van der Waals surface area contributed by atoms with Crippen LogP contribution in [0.3, 0.4) is 0 Å². The van der Waals surface area contributed by atoms with Crippen LogP contribution in [0.2, 0.25) is 0 Å². The van der Waals surface area contributed by atoms with Gasteiger partial charge < -0.3 is 15.5 Å². The number of rotatable bonds is 4. The van der Waals surface area contributed by atoms with E-state index in [0.29, 0.717) is 0 Å². The van der Waals surface area contributed by atoms with Crippen LogP contribution in [0.5, 0.6) is 0 Å². The molecule has 0 aromatic heterocycles. The molecule has 0 saturated carbocycles. The van der Waals surface area contributed by atoms with Gasteiger partial charge in [-0.3, -0.25) is 10.2 Å². The molecule has 2 atom stereocenters. The summed E-state index contributed by atoms with van der Waals surface area (Å²) >= 11 is 4.59. The van der Waals surface area contributed by atoms with Crippen molar-refractivity contribution in [1.29, 1.82) is 0 Å². The zero-order valence-electron chi connectivity index (χ0n) is 17.0. The van der Waals surface area contributed by atoms with Gasteiger partial charge in [-0.25, -0.2) is 13.2 Å². The molecule has 0 aliphatic carbocycles. The lowest BCUT2D eigenvalue weighted by Gasteiger charge is -2.45. The molecule has 2 aromatic carbocycles. The van der Waals surface area contributed by atoms with Gasteiger partial charge in [-0.05, 0) is 44.3 Å². The van der Waals surface area contributed by atoms with E-state index in [4.69, 9.17) is 5.73 Å². The Morgan fingerprint density at radius 2 is 1.77 bits per heavy atom. The lowest BCUT2D eigenvalue weighted by Crippen LogP contribution is -2.59. The smallest absolute Gasteiger partial charge is 0.257 e. The molecule has 1 fully saturated rings. The monoisotopic (exact) mass is 449 g/mol. The molecule has 31 heavy (non-hydrogen) atoms. The molecule has 6 nitrogen and oxygen atoms in total. The van der Waals surface area contributed by atoms with E-state index in [1.807, 2.05) is 0 Å². The molecule has 1 aliphatic heterocycles. The molecular formula is C21H22F3N5OS. The number of amides is 1. The Morgan fingerprint density at radius 1 is 1.13 bits per heavy atom. The Labute approximate surface area is 183 Å². The van der Waals surface area contributed by atoms with Gasteiger partial charge in [0, 0.05) is 36.8 Å². The van der Waals surface area contributed by atoms with Gasteiger partial charge in [-0.15, -0.1) is 0 Å². The zero-order chi connectivity index (χ0) is 22.7. The number of anilines is 1. The van der Waals surface area contributed by atoms with Crippen LogP contribution in [0.4, 0.5) is 18.9 Å². The van der Waals surface area contributed by atoms with Crippen LogP contribution in [0.25, 0.3) is 0 Å². The highest BCUT2D eigenvalue weighted by atomic mass is 32.1. The third kappa shape index (κ3) is 4.96. The topological polar surface area (TPSA) is 74.0 Å². The number of hydrazone groups is 1. The van der Waals surface area contributed by atoms with E-state index >= 15 is 0 Å². The number of carbonyl (C=O) groups excluding carboxylic acids is 1. The highest BCUT2D eigenvalue weighted by Crippen LogP contribution is 2.28. The molecule has 1 amide bonds. The first-order valence-corrected chi connectivity index (χ1v) is 9.99. The standard InChI is InChI=1S/C21H22F3N5OS/c1-12-10-28(11-13(2)29(12)20(30)15-5-3-4-6-16(15)22)19-8-17(23)14(7-18(19)24)9-26-27-21(25)31/h3-9,12-13H,10-11H2,1-2H3,(H3,25,27,31)/b26-9+/t12-,13+. The minimum absolute atomic E-state index is 0.0129. The van der Waals surface area contributed by atoms with Crippen LogP contribution in [-0.2, 0) is 0 Å². The van der Waals surface area contributed by atoms with Crippen LogP contribution in [0, 0.1) is 17.5 Å². The summed E-state index contributed by atoms with van der Waals surface area (Å²) in [7, 11) is 0. The predicted molar refractivity (Wildman–Crippen MR) is 118 cm³/mol. The highest BCUT2D eigenvalue weighted by molar-refractivity contribution is 7.80. The van der Waals surface area contributed by atoms with Gasteiger partial charge >= 0.3 is 0 Å². The molecular weight excluding hydrogens is 427 g/mol.